The van der Waals surface area contributed by atoms with E-state index in [4.69, 9.17) is 4.74 Å². The lowest BCUT2D eigenvalue weighted by molar-refractivity contribution is -0.145. The maximum Gasteiger partial charge on any atom is 0.311 e. The monoisotopic (exact) mass is 248 g/mol. The number of ether oxygens (including phenoxy) is 1. The largest absolute Gasteiger partial charge is 0.469 e. The Balaban J connectivity index is 2.27. The highest BCUT2D eigenvalue weighted by Gasteiger charge is 2.36. The van der Waals surface area contributed by atoms with Crippen LogP contribution in [0, 0.1) is 19.8 Å². The molecule has 96 valence electrons. The Bertz CT molecular complexity index is 499. The van der Waals surface area contributed by atoms with E-state index in [0.29, 0.717) is 6.54 Å². The minimum absolute atomic E-state index is 0.0425. The van der Waals surface area contributed by atoms with Gasteiger partial charge in [-0.25, -0.2) is 0 Å². The highest BCUT2D eigenvalue weighted by atomic mass is 16.5. The summed E-state index contributed by atoms with van der Waals surface area (Å²) in [6.07, 6.45) is 1.89. The lowest BCUT2D eigenvalue weighted by Gasteiger charge is -2.19. The van der Waals surface area contributed by atoms with E-state index in [0.717, 1.165) is 16.9 Å². The van der Waals surface area contributed by atoms with E-state index >= 15 is 0 Å². The minimum atomic E-state index is -0.365. The molecule has 2 rings (SSSR count). The smallest absolute Gasteiger partial charge is 0.311 e. The number of nitrogens with zero attached hydrogens (tertiary/aromatic N) is 2. The summed E-state index contributed by atoms with van der Waals surface area (Å²) < 4.78 is 4.69. The summed E-state index contributed by atoms with van der Waals surface area (Å²) in [5.41, 5.74) is 2.69. The number of anilines is 1. The van der Waals surface area contributed by atoms with Crippen molar-refractivity contribution in [3.63, 3.8) is 0 Å². The Hall–Kier alpha value is -1.91. The molecule has 0 radical (unpaired) electrons. The van der Waals surface area contributed by atoms with Gasteiger partial charge in [-0.3, -0.25) is 14.6 Å². The maximum absolute atomic E-state index is 12.0. The van der Waals surface area contributed by atoms with Gasteiger partial charge in [0.05, 0.1) is 13.0 Å². The van der Waals surface area contributed by atoms with E-state index in [2.05, 4.69) is 4.98 Å². The van der Waals surface area contributed by atoms with Crippen LogP contribution < -0.4 is 4.90 Å². The lowest BCUT2D eigenvalue weighted by Crippen LogP contribution is -2.27. The van der Waals surface area contributed by atoms with E-state index < -0.39 is 0 Å². The number of pyridine rings is 1. The zero-order valence-corrected chi connectivity index (χ0v) is 10.8. The third-order valence-electron chi connectivity index (χ3n) is 3.38. The Kier molecular flexibility index (Phi) is 3.32. The quantitative estimate of drug-likeness (QED) is 0.738. The van der Waals surface area contributed by atoms with Crippen molar-refractivity contribution in [3.8, 4) is 0 Å². The Morgan fingerprint density at radius 1 is 1.50 bits per heavy atom. The summed E-state index contributed by atoms with van der Waals surface area (Å²) in [7, 11) is 1.34. The van der Waals surface area contributed by atoms with E-state index in [-0.39, 0.29) is 24.2 Å². The van der Waals surface area contributed by atoms with Crippen molar-refractivity contribution in [1.82, 2.24) is 4.98 Å². The van der Waals surface area contributed by atoms with Crippen molar-refractivity contribution in [2.45, 2.75) is 20.3 Å². The van der Waals surface area contributed by atoms with Crippen molar-refractivity contribution in [3.05, 3.63) is 23.5 Å². The number of esters is 1. The molecule has 0 bridgehead atoms. The number of carbonyl (C=O) groups is 2. The molecule has 1 unspecified atom stereocenters. The first-order valence-electron chi connectivity index (χ1n) is 5.85. The number of aryl methyl sites for hydroxylation is 1. The summed E-state index contributed by atoms with van der Waals surface area (Å²) in [6, 6.07) is 1.81. The Labute approximate surface area is 106 Å². The third kappa shape index (κ3) is 2.08. The van der Waals surface area contributed by atoms with Gasteiger partial charge in [0.1, 0.15) is 0 Å². The molecular weight excluding hydrogens is 232 g/mol. The summed E-state index contributed by atoms with van der Waals surface area (Å²) in [5, 5.41) is 0. The molecular formula is C13H16N2O3. The summed E-state index contributed by atoms with van der Waals surface area (Å²) in [4.78, 5) is 29.3. The molecule has 1 fully saturated rings. The molecule has 0 aliphatic carbocycles. The first-order chi connectivity index (χ1) is 8.54. The molecule has 0 N–H and O–H groups in total. The van der Waals surface area contributed by atoms with Gasteiger partial charge in [-0.2, -0.15) is 0 Å². The van der Waals surface area contributed by atoms with Crippen LogP contribution in [0.3, 0.4) is 0 Å². The van der Waals surface area contributed by atoms with Crippen LogP contribution in [0.2, 0.25) is 0 Å². The van der Waals surface area contributed by atoms with E-state index in [1.165, 1.54) is 7.11 Å². The number of hydrogen-bond acceptors (Lipinski definition) is 4. The van der Waals surface area contributed by atoms with Gasteiger partial charge in [0.15, 0.2) is 0 Å². The molecule has 5 nitrogen and oxygen atoms in total. The third-order valence-corrected chi connectivity index (χ3v) is 3.38. The Morgan fingerprint density at radius 2 is 2.22 bits per heavy atom. The van der Waals surface area contributed by atoms with Crippen molar-refractivity contribution < 1.29 is 14.3 Å². The maximum atomic E-state index is 12.0. The fourth-order valence-electron chi connectivity index (χ4n) is 2.18. The van der Waals surface area contributed by atoms with Crippen LogP contribution >= 0.6 is 0 Å². The summed E-state index contributed by atoms with van der Waals surface area (Å²) in [6.45, 7) is 4.21. The molecule has 0 aromatic carbocycles. The van der Waals surface area contributed by atoms with E-state index in [1.54, 1.807) is 17.2 Å². The number of hydrogen-bond donors (Lipinski definition) is 0. The fourth-order valence-corrected chi connectivity index (χ4v) is 2.18. The molecule has 2 heterocycles. The topological polar surface area (TPSA) is 59.5 Å². The molecule has 1 amide bonds. The summed E-state index contributed by atoms with van der Waals surface area (Å²) in [5.74, 6) is -0.733. The number of carbonyl (C=O) groups excluding carboxylic acids is 2. The molecule has 1 aliphatic rings. The van der Waals surface area contributed by atoms with E-state index in [9.17, 15) is 9.59 Å². The second-order valence-corrected chi connectivity index (χ2v) is 4.47. The summed E-state index contributed by atoms with van der Waals surface area (Å²) >= 11 is 0. The predicted octanol–water partition coefficient (Wildman–Crippen LogP) is 1.22. The van der Waals surface area contributed by atoms with Crippen LogP contribution in [0.5, 0.6) is 0 Å². The predicted molar refractivity (Wildman–Crippen MR) is 66.2 cm³/mol. The zero-order chi connectivity index (χ0) is 13.3. The highest BCUT2D eigenvalue weighted by molar-refractivity contribution is 6.00. The molecule has 5 heteroatoms. The molecule has 1 aliphatic heterocycles. The molecule has 0 spiro atoms. The van der Waals surface area contributed by atoms with Gasteiger partial charge in [-0.15, -0.1) is 0 Å². The van der Waals surface area contributed by atoms with Crippen LogP contribution in [0.4, 0.5) is 5.69 Å². The van der Waals surface area contributed by atoms with Crippen molar-refractivity contribution in [2.24, 2.45) is 5.92 Å². The average Bonchev–Trinajstić information content (AvgIpc) is 2.74. The molecule has 1 aromatic rings. The number of amides is 1. The van der Waals surface area contributed by atoms with Gasteiger partial charge < -0.3 is 9.64 Å². The number of rotatable bonds is 2. The van der Waals surface area contributed by atoms with Gasteiger partial charge in [0.25, 0.3) is 0 Å². The lowest BCUT2D eigenvalue weighted by atomic mass is 10.1. The number of methoxy groups -OCH3 is 1. The minimum Gasteiger partial charge on any atom is -0.469 e. The normalized spacial score (nSPS) is 19.2. The van der Waals surface area contributed by atoms with Gasteiger partial charge in [-0.1, -0.05) is 0 Å². The first kappa shape index (κ1) is 12.5. The van der Waals surface area contributed by atoms with Crippen LogP contribution in [-0.4, -0.2) is 30.5 Å². The fraction of sp³-hybridized carbons (Fsp3) is 0.462. The SMILES string of the molecule is COC(=O)C1CC(=O)N(c2ccnc(C)c2C)C1. The molecule has 1 saturated heterocycles. The van der Waals surface area contributed by atoms with Gasteiger partial charge in [-0.05, 0) is 25.5 Å². The van der Waals surface area contributed by atoms with E-state index in [1.807, 2.05) is 13.8 Å². The van der Waals surface area contributed by atoms with Crippen LogP contribution in [0.1, 0.15) is 17.7 Å². The van der Waals surface area contributed by atoms with Crippen molar-refractivity contribution in [2.75, 3.05) is 18.6 Å². The second kappa shape index (κ2) is 4.76. The average molecular weight is 248 g/mol. The zero-order valence-electron chi connectivity index (χ0n) is 10.8. The molecule has 18 heavy (non-hydrogen) atoms. The molecule has 1 aromatic heterocycles. The molecule has 1 atom stereocenters. The molecule has 0 saturated carbocycles. The second-order valence-electron chi connectivity index (χ2n) is 4.47. The van der Waals surface area contributed by atoms with Crippen LogP contribution in [0.15, 0.2) is 12.3 Å². The highest BCUT2D eigenvalue weighted by Crippen LogP contribution is 2.28. The van der Waals surface area contributed by atoms with Crippen molar-refractivity contribution >= 4 is 17.6 Å². The standard InChI is InChI=1S/C13H16N2O3/c1-8-9(2)14-5-4-11(8)15-7-10(6-12(15)16)13(17)18-3/h4-5,10H,6-7H2,1-3H3. The Morgan fingerprint density at radius 3 is 2.89 bits per heavy atom. The van der Waals surface area contributed by atoms with Crippen LogP contribution in [0.25, 0.3) is 0 Å². The van der Waals surface area contributed by atoms with Crippen LogP contribution in [-0.2, 0) is 14.3 Å². The first-order valence-corrected chi connectivity index (χ1v) is 5.85. The number of aromatic nitrogens is 1. The van der Waals surface area contributed by atoms with Gasteiger partial charge >= 0.3 is 5.97 Å². The van der Waals surface area contributed by atoms with Gasteiger partial charge in [0, 0.05) is 30.5 Å². The van der Waals surface area contributed by atoms with Crippen molar-refractivity contribution in [1.29, 1.82) is 0 Å². The van der Waals surface area contributed by atoms with Gasteiger partial charge in [0.2, 0.25) is 5.91 Å².